The molecule has 0 radical (unpaired) electrons. The molecule has 1 aliphatic rings. The third-order valence-electron chi connectivity index (χ3n) is 3.29. The summed E-state index contributed by atoms with van der Waals surface area (Å²) in [6, 6.07) is 3.70. The molecule has 7 heteroatoms. The lowest BCUT2D eigenvalue weighted by Gasteiger charge is -2.24. The van der Waals surface area contributed by atoms with Gasteiger partial charge in [-0.15, -0.1) is 0 Å². The highest BCUT2D eigenvalue weighted by Gasteiger charge is 2.34. The van der Waals surface area contributed by atoms with Crippen LogP contribution < -0.4 is 0 Å². The Labute approximate surface area is 127 Å². The van der Waals surface area contributed by atoms with Crippen LogP contribution in [0.5, 0.6) is 0 Å². The molecule has 0 bridgehead atoms. The lowest BCUT2D eigenvalue weighted by molar-refractivity contribution is -0.138. The van der Waals surface area contributed by atoms with Crippen LogP contribution in [0.4, 0.5) is 13.2 Å². The van der Waals surface area contributed by atoms with Gasteiger partial charge in [0.05, 0.1) is 5.56 Å². The molecule has 0 aliphatic carbocycles. The van der Waals surface area contributed by atoms with Gasteiger partial charge in [0.2, 0.25) is 0 Å². The molecule has 2 nitrogen and oxygen atoms in total. The number of rotatable bonds is 2. The second-order valence-corrected chi connectivity index (χ2v) is 6.63. The quantitative estimate of drug-likeness (QED) is 0.785. The summed E-state index contributed by atoms with van der Waals surface area (Å²) in [6.45, 7) is 0. The Bertz CT molecular complexity index is 515. The number of alkyl halides is 3. The first-order valence-electron chi connectivity index (χ1n) is 6.02. The molecule has 1 amide bonds. The van der Waals surface area contributed by atoms with Crippen molar-refractivity contribution >= 4 is 33.6 Å². The van der Waals surface area contributed by atoms with Crippen LogP contribution in [0.3, 0.4) is 0 Å². The molecule has 20 heavy (non-hydrogen) atoms. The predicted molar refractivity (Wildman–Crippen MR) is 77.0 cm³/mol. The fourth-order valence-corrected chi connectivity index (χ4v) is 3.81. The maximum atomic E-state index is 12.8. The highest BCUT2D eigenvalue weighted by atomic mass is 79.9. The molecule has 1 aliphatic heterocycles. The second kappa shape index (κ2) is 5.97. The molecule has 1 unspecified atom stereocenters. The van der Waals surface area contributed by atoms with Crippen LogP contribution in [0.25, 0.3) is 0 Å². The van der Waals surface area contributed by atoms with Crippen molar-refractivity contribution in [3.05, 3.63) is 33.8 Å². The van der Waals surface area contributed by atoms with E-state index in [4.69, 9.17) is 0 Å². The Balaban J connectivity index is 2.26. The van der Waals surface area contributed by atoms with Crippen LogP contribution in [-0.4, -0.2) is 35.4 Å². The zero-order chi connectivity index (χ0) is 14.9. The van der Waals surface area contributed by atoms with Gasteiger partial charge in [0.15, 0.2) is 0 Å². The van der Waals surface area contributed by atoms with Crippen LogP contribution >= 0.6 is 27.7 Å². The second-order valence-electron chi connectivity index (χ2n) is 4.63. The van der Waals surface area contributed by atoms with Crippen LogP contribution in [0.15, 0.2) is 22.7 Å². The van der Waals surface area contributed by atoms with Gasteiger partial charge in [-0.05, 0) is 30.4 Å². The molecule has 0 aromatic heterocycles. The van der Waals surface area contributed by atoms with Gasteiger partial charge in [-0.1, -0.05) is 15.9 Å². The Morgan fingerprint density at radius 3 is 2.70 bits per heavy atom. The van der Waals surface area contributed by atoms with Gasteiger partial charge in [0.25, 0.3) is 5.91 Å². The first-order valence-corrected chi connectivity index (χ1v) is 7.97. The number of hydrogen-bond donors (Lipinski definition) is 0. The Morgan fingerprint density at radius 1 is 1.45 bits per heavy atom. The van der Waals surface area contributed by atoms with Gasteiger partial charge < -0.3 is 4.90 Å². The van der Waals surface area contributed by atoms with Crippen molar-refractivity contribution in [2.24, 2.45) is 0 Å². The predicted octanol–water partition coefficient (Wildman–Crippen LogP) is 4.05. The summed E-state index contributed by atoms with van der Waals surface area (Å²) in [5.74, 6) is 1.46. The monoisotopic (exact) mass is 367 g/mol. The van der Waals surface area contributed by atoms with E-state index in [-0.39, 0.29) is 22.0 Å². The number of thioether (sulfide) groups is 1. The van der Waals surface area contributed by atoms with E-state index >= 15 is 0 Å². The molecule has 1 fully saturated rings. The average molecular weight is 368 g/mol. The minimum Gasteiger partial charge on any atom is -0.338 e. The molecule has 1 atom stereocenters. The molecule has 1 heterocycles. The standard InChI is InChI=1S/C13H13BrF3NOS/c1-18(9-4-5-20-7-9)12(19)8-2-3-11(14)10(6-8)13(15,16)17/h2-3,6,9H,4-5,7H2,1H3. The molecular formula is C13H13BrF3NOS. The number of hydrogen-bond acceptors (Lipinski definition) is 2. The maximum absolute atomic E-state index is 12.8. The largest absolute Gasteiger partial charge is 0.417 e. The number of halogens is 4. The van der Waals surface area contributed by atoms with Gasteiger partial charge in [0, 0.05) is 28.9 Å². The number of carbonyl (C=O) groups excluding carboxylic acids is 1. The van der Waals surface area contributed by atoms with Crippen molar-refractivity contribution in [2.45, 2.75) is 18.6 Å². The SMILES string of the molecule is CN(C(=O)c1ccc(Br)c(C(F)(F)F)c1)C1CCSC1. The van der Waals surface area contributed by atoms with E-state index in [1.54, 1.807) is 23.7 Å². The van der Waals surface area contributed by atoms with E-state index in [2.05, 4.69) is 15.9 Å². The van der Waals surface area contributed by atoms with Gasteiger partial charge in [-0.2, -0.15) is 24.9 Å². The lowest BCUT2D eigenvalue weighted by atomic mass is 10.1. The number of carbonyl (C=O) groups is 1. The summed E-state index contributed by atoms with van der Waals surface area (Å²) in [4.78, 5) is 13.8. The first-order chi connectivity index (χ1) is 9.30. The Kier molecular flexibility index (Phi) is 4.69. The zero-order valence-electron chi connectivity index (χ0n) is 10.7. The summed E-state index contributed by atoms with van der Waals surface area (Å²) in [5, 5.41) is 0. The van der Waals surface area contributed by atoms with Crippen molar-refractivity contribution in [3.63, 3.8) is 0 Å². The van der Waals surface area contributed by atoms with Crippen molar-refractivity contribution in [1.29, 1.82) is 0 Å². The van der Waals surface area contributed by atoms with E-state index in [0.717, 1.165) is 24.0 Å². The normalized spacial score (nSPS) is 19.1. The molecule has 0 saturated carbocycles. The smallest absolute Gasteiger partial charge is 0.338 e. The molecule has 0 spiro atoms. The highest BCUT2D eigenvalue weighted by molar-refractivity contribution is 9.10. The average Bonchev–Trinajstić information content (AvgIpc) is 2.90. The molecule has 2 rings (SSSR count). The van der Waals surface area contributed by atoms with Crippen LogP contribution in [0, 0.1) is 0 Å². The summed E-state index contributed by atoms with van der Waals surface area (Å²) in [7, 11) is 1.65. The number of benzene rings is 1. The molecule has 0 N–H and O–H groups in total. The number of nitrogens with zero attached hydrogens (tertiary/aromatic N) is 1. The minimum atomic E-state index is -4.48. The van der Waals surface area contributed by atoms with E-state index in [9.17, 15) is 18.0 Å². The van der Waals surface area contributed by atoms with Crippen LogP contribution in [-0.2, 0) is 6.18 Å². The third-order valence-corrected chi connectivity index (χ3v) is 5.13. The van der Waals surface area contributed by atoms with Gasteiger partial charge >= 0.3 is 6.18 Å². The molecular weight excluding hydrogens is 355 g/mol. The molecule has 1 aromatic carbocycles. The number of amides is 1. The first kappa shape index (κ1) is 15.7. The molecule has 1 saturated heterocycles. The fourth-order valence-electron chi connectivity index (χ4n) is 2.07. The van der Waals surface area contributed by atoms with Gasteiger partial charge in [-0.3, -0.25) is 4.79 Å². The van der Waals surface area contributed by atoms with E-state index in [0.29, 0.717) is 0 Å². The zero-order valence-corrected chi connectivity index (χ0v) is 13.1. The summed E-state index contributed by atoms with van der Waals surface area (Å²) >= 11 is 4.62. The van der Waals surface area contributed by atoms with Crippen molar-refractivity contribution < 1.29 is 18.0 Å². The lowest BCUT2D eigenvalue weighted by Crippen LogP contribution is -2.37. The van der Waals surface area contributed by atoms with Gasteiger partial charge in [0.1, 0.15) is 0 Å². The van der Waals surface area contributed by atoms with E-state index in [1.807, 2.05) is 0 Å². The fraction of sp³-hybridized carbons (Fsp3) is 0.462. The topological polar surface area (TPSA) is 20.3 Å². The summed E-state index contributed by atoms with van der Waals surface area (Å²) in [6.07, 6.45) is -3.59. The third kappa shape index (κ3) is 3.31. The Hall–Kier alpha value is -0.690. The van der Waals surface area contributed by atoms with Crippen molar-refractivity contribution in [3.8, 4) is 0 Å². The highest BCUT2D eigenvalue weighted by Crippen LogP contribution is 2.35. The van der Waals surface area contributed by atoms with Gasteiger partial charge in [-0.25, -0.2) is 0 Å². The minimum absolute atomic E-state index is 0.0550. The van der Waals surface area contributed by atoms with Crippen molar-refractivity contribution in [1.82, 2.24) is 4.90 Å². The molecule has 1 aromatic rings. The van der Waals surface area contributed by atoms with E-state index < -0.39 is 11.7 Å². The van der Waals surface area contributed by atoms with Crippen molar-refractivity contribution in [2.75, 3.05) is 18.6 Å². The molecule has 110 valence electrons. The van der Waals surface area contributed by atoms with Crippen LogP contribution in [0.1, 0.15) is 22.3 Å². The Morgan fingerprint density at radius 2 is 2.15 bits per heavy atom. The summed E-state index contributed by atoms with van der Waals surface area (Å²) < 4.78 is 38.5. The summed E-state index contributed by atoms with van der Waals surface area (Å²) in [5.41, 5.74) is -0.752. The van der Waals surface area contributed by atoms with Crippen LogP contribution in [0.2, 0.25) is 0 Å². The maximum Gasteiger partial charge on any atom is 0.417 e. The van der Waals surface area contributed by atoms with E-state index in [1.165, 1.54) is 12.1 Å².